The minimum atomic E-state index is -3.59. The normalized spacial score (nSPS) is 15.3. The predicted molar refractivity (Wildman–Crippen MR) is 103 cm³/mol. The zero-order valence-electron chi connectivity index (χ0n) is 15.8. The molecule has 1 aliphatic heterocycles. The van der Waals surface area contributed by atoms with Gasteiger partial charge in [0.25, 0.3) is 0 Å². The van der Waals surface area contributed by atoms with Crippen molar-refractivity contribution in [3.63, 3.8) is 0 Å². The highest BCUT2D eigenvalue weighted by Gasteiger charge is 2.24. The molecule has 0 unspecified atom stereocenters. The molecule has 8 heteroatoms. The van der Waals surface area contributed by atoms with Gasteiger partial charge >= 0.3 is 0 Å². The number of nitrogens with zero attached hydrogens (tertiary/aromatic N) is 2. The molecule has 1 aromatic carbocycles. The third-order valence-electron chi connectivity index (χ3n) is 4.56. The largest absolute Gasteiger partial charge is 0.375 e. The van der Waals surface area contributed by atoms with Gasteiger partial charge in [0.05, 0.1) is 16.3 Å². The molecule has 0 radical (unpaired) electrons. The zero-order valence-corrected chi connectivity index (χ0v) is 16.6. The highest BCUT2D eigenvalue weighted by molar-refractivity contribution is 7.89. The second-order valence-electron chi connectivity index (χ2n) is 6.30. The number of sulfonamides is 1. The topological polar surface area (TPSA) is 79.0 Å². The van der Waals surface area contributed by atoms with Crippen LogP contribution in [0.1, 0.15) is 33.1 Å². The van der Waals surface area contributed by atoms with Crippen LogP contribution in [-0.2, 0) is 19.6 Å². The Kier molecular flexibility index (Phi) is 7.43. The second kappa shape index (κ2) is 9.34. The van der Waals surface area contributed by atoms with Crippen molar-refractivity contribution in [1.82, 2.24) is 4.31 Å². The van der Waals surface area contributed by atoms with E-state index in [4.69, 9.17) is 4.74 Å². The Morgan fingerprint density at radius 3 is 2.42 bits per heavy atom. The van der Waals surface area contributed by atoms with Gasteiger partial charge in [0.2, 0.25) is 15.9 Å². The molecule has 1 amide bonds. The van der Waals surface area contributed by atoms with Crippen LogP contribution in [0.3, 0.4) is 0 Å². The minimum Gasteiger partial charge on any atom is -0.375 e. The zero-order chi connectivity index (χ0) is 19.2. The molecule has 2 rings (SSSR count). The van der Waals surface area contributed by atoms with Gasteiger partial charge in [-0.25, -0.2) is 8.42 Å². The summed E-state index contributed by atoms with van der Waals surface area (Å²) in [6.07, 6.45) is 3.37. The van der Waals surface area contributed by atoms with E-state index in [0.29, 0.717) is 18.8 Å². The van der Waals surface area contributed by atoms with Crippen molar-refractivity contribution in [2.75, 3.05) is 50.1 Å². The maximum absolute atomic E-state index is 12.8. The van der Waals surface area contributed by atoms with E-state index in [1.165, 1.54) is 17.8 Å². The van der Waals surface area contributed by atoms with Gasteiger partial charge < -0.3 is 15.0 Å². The van der Waals surface area contributed by atoms with Crippen LogP contribution in [0.15, 0.2) is 23.1 Å². The Balaban J connectivity index is 2.42. The summed E-state index contributed by atoms with van der Waals surface area (Å²) in [5.74, 6) is -0.303. The van der Waals surface area contributed by atoms with E-state index in [2.05, 4.69) is 10.2 Å². The van der Waals surface area contributed by atoms with Crippen LogP contribution in [0.2, 0.25) is 0 Å². The third-order valence-corrected chi connectivity index (χ3v) is 6.60. The second-order valence-corrected chi connectivity index (χ2v) is 8.24. The van der Waals surface area contributed by atoms with Crippen molar-refractivity contribution in [3.8, 4) is 0 Å². The lowest BCUT2D eigenvalue weighted by Gasteiger charge is -2.31. The number of amides is 1. The fraction of sp³-hybridized carbons (Fsp3) is 0.611. The summed E-state index contributed by atoms with van der Waals surface area (Å²) in [5.41, 5.74) is 1.37. The number of nitrogens with one attached hydrogen (secondary N) is 1. The van der Waals surface area contributed by atoms with Gasteiger partial charge in [-0.15, -0.1) is 0 Å². The van der Waals surface area contributed by atoms with Crippen LogP contribution < -0.4 is 10.2 Å². The first-order valence-electron chi connectivity index (χ1n) is 9.12. The smallest absolute Gasteiger partial charge is 0.250 e. The highest BCUT2D eigenvalue weighted by Crippen LogP contribution is 2.32. The Bertz CT molecular complexity index is 711. The molecule has 1 saturated heterocycles. The van der Waals surface area contributed by atoms with Gasteiger partial charge in [0, 0.05) is 33.3 Å². The van der Waals surface area contributed by atoms with Gasteiger partial charge in [0.1, 0.15) is 6.61 Å². The molecule has 0 spiro atoms. The number of ether oxygens (including phenoxy) is 1. The number of benzene rings is 1. The quantitative estimate of drug-likeness (QED) is 0.745. The third kappa shape index (κ3) is 4.75. The van der Waals surface area contributed by atoms with E-state index in [0.717, 1.165) is 31.6 Å². The molecular weight excluding hydrogens is 354 g/mol. The number of hydrogen-bond donors (Lipinski definition) is 1. The summed E-state index contributed by atoms with van der Waals surface area (Å²) < 4.78 is 31.9. The van der Waals surface area contributed by atoms with E-state index in [1.54, 1.807) is 18.2 Å². The molecule has 1 aliphatic rings. The van der Waals surface area contributed by atoms with Crippen molar-refractivity contribution >= 4 is 27.3 Å². The first-order chi connectivity index (χ1) is 12.4. The van der Waals surface area contributed by atoms with Crippen LogP contribution in [0.4, 0.5) is 11.4 Å². The summed E-state index contributed by atoms with van der Waals surface area (Å²) in [5, 5.41) is 2.81. The molecule has 146 valence electrons. The number of carbonyl (C=O) groups excluding carboxylic acids is 1. The number of hydrogen-bond acceptors (Lipinski definition) is 5. The number of rotatable bonds is 8. The fourth-order valence-electron chi connectivity index (χ4n) is 3.22. The van der Waals surface area contributed by atoms with Crippen LogP contribution >= 0.6 is 0 Å². The number of piperidine rings is 1. The van der Waals surface area contributed by atoms with Crippen LogP contribution in [0.5, 0.6) is 0 Å². The molecule has 0 atom stereocenters. The van der Waals surface area contributed by atoms with Crippen molar-refractivity contribution in [2.24, 2.45) is 0 Å². The van der Waals surface area contributed by atoms with Gasteiger partial charge in [-0.1, -0.05) is 13.8 Å². The number of anilines is 2. The molecule has 0 aliphatic carbocycles. The average molecular weight is 384 g/mol. The molecule has 1 aromatic rings. The van der Waals surface area contributed by atoms with Crippen molar-refractivity contribution < 1.29 is 17.9 Å². The molecule has 1 N–H and O–H groups in total. The summed E-state index contributed by atoms with van der Waals surface area (Å²) >= 11 is 0. The molecule has 0 aromatic heterocycles. The van der Waals surface area contributed by atoms with Crippen LogP contribution in [0, 0.1) is 0 Å². The molecule has 0 saturated carbocycles. The lowest BCUT2D eigenvalue weighted by Crippen LogP contribution is -2.32. The Morgan fingerprint density at radius 2 is 1.85 bits per heavy atom. The Hall–Kier alpha value is -1.64. The van der Waals surface area contributed by atoms with Gasteiger partial charge in [0.15, 0.2) is 0 Å². The maximum Gasteiger partial charge on any atom is 0.250 e. The summed E-state index contributed by atoms with van der Waals surface area (Å²) in [4.78, 5) is 14.4. The lowest BCUT2D eigenvalue weighted by molar-refractivity contribution is -0.119. The fourth-order valence-corrected chi connectivity index (χ4v) is 4.70. The van der Waals surface area contributed by atoms with E-state index in [1.807, 2.05) is 13.8 Å². The first kappa shape index (κ1) is 20.7. The van der Waals surface area contributed by atoms with Crippen LogP contribution in [-0.4, -0.2) is 58.5 Å². The summed E-state index contributed by atoms with van der Waals surface area (Å²) in [6, 6.07) is 4.98. The predicted octanol–water partition coefficient (Wildman–Crippen LogP) is 2.29. The van der Waals surface area contributed by atoms with Crippen LogP contribution in [0.25, 0.3) is 0 Å². The summed E-state index contributed by atoms with van der Waals surface area (Å²) in [7, 11) is -2.14. The van der Waals surface area contributed by atoms with Crippen molar-refractivity contribution in [1.29, 1.82) is 0 Å². The summed E-state index contributed by atoms with van der Waals surface area (Å²) in [6.45, 7) is 6.14. The van der Waals surface area contributed by atoms with E-state index >= 15 is 0 Å². The minimum absolute atomic E-state index is 0.0769. The monoisotopic (exact) mass is 383 g/mol. The SMILES string of the molecule is CCN(CC)S(=O)(=O)c1ccc(N2CCCCC2)c(NC(=O)COC)c1. The molecule has 1 heterocycles. The molecule has 0 bridgehead atoms. The van der Waals surface area contributed by atoms with Crippen molar-refractivity contribution in [3.05, 3.63) is 18.2 Å². The average Bonchev–Trinajstić information content (AvgIpc) is 2.63. The number of carbonyl (C=O) groups is 1. The Labute approximate surface area is 156 Å². The van der Waals surface area contributed by atoms with E-state index in [9.17, 15) is 13.2 Å². The molecule has 1 fully saturated rings. The van der Waals surface area contributed by atoms with Crippen molar-refractivity contribution in [2.45, 2.75) is 38.0 Å². The highest BCUT2D eigenvalue weighted by atomic mass is 32.2. The van der Waals surface area contributed by atoms with Gasteiger partial charge in [-0.05, 0) is 37.5 Å². The van der Waals surface area contributed by atoms with E-state index < -0.39 is 10.0 Å². The molecular formula is C18H29N3O4S. The van der Waals surface area contributed by atoms with Gasteiger partial charge in [-0.3, -0.25) is 4.79 Å². The standard InChI is InChI=1S/C18H29N3O4S/c1-4-21(5-2)26(23,24)15-9-10-17(20-11-7-6-8-12-20)16(13-15)19-18(22)14-25-3/h9-10,13H,4-8,11-12,14H2,1-3H3,(H,19,22). The lowest BCUT2D eigenvalue weighted by atomic mass is 10.1. The van der Waals surface area contributed by atoms with E-state index in [-0.39, 0.29) is 17.4 Å². The molecule has 7 nitrogen and oxygen atoms in total. The Morgan fingerprint density at radius 1 is 1.19 bits per heavy atom. The molecule has 26 heavy (non-hydrogen) atoms. The maximum atomic E-state index is 12.8. The van der Waals surface area contributed by atoms with Gasteiger partial charge in [-0.2, -0.15) is 4.31 Å². The number of methoxy groups -OCH3 is 1. The first-order valence-corrected chi connectivity index (χ1v) is 10.6.